The lowest BCUT2D eigenvalue weighted by Crippen LogP contribution is -2.28. The average Bonchev–Trinajstić information content (AvgIpc) is 3.19. The number of aromatic hydroxyl groups is 1. The van der Waals surface area contributed by atoms with Gasteiger partial charge in [-0.25, -0.2) is 4.39 Å². The van der Waals surface area contributed by atoms with Crippen LogP contribution in [-0.4, -0.2) is 35.6 Å². The van der Waals surface area contributed by atoms with E-state index in [0.717, 1.165) is 11.3 Å². The van der Waals surface area contributed by atoms with E-state index in [-0.39, 0.29) is 11.7 Å². The van der Waals surface area contributed by atoms with Crippen LogP contribution in [0.4, 0.5) is 4.39 Å². The third-order valence-electron chi connectivity index (χ3n) is 5.15. The highest BCUT2D eigenvalue weighted by Crippen LogP contribution is 2.40. The van der Waals surface area contributed by atoms with E-state index in [1.54, 1.807) is 20.3 Å². The van der Waals surface area contributed by atoms with E-state index in [0.29, 0.717) is 40.3 Å². The van der Waals surface area contributed by atoms with Gasteiger partial charge in [-0.2, -0.15) is 0 Å². The zero-order valence-electron chi connectivity index (χ0n) is 17.2. The van der Waals surface area contributed by atoms with Gasteiger partial charge in [0.2, 0.25) is 5.88 Å². The molecule has 4 rings (SSSR count). The van der Waals surface area contributed by atoms with Gasteiger partial charge in [-0.15, -0.1) is 0 Å². The monoisotopic (exact) mass is 410 g/mol. The van der Waals surface area contributed by atoms with Crippen LogP contribution in [0.25, 0.3) is 16.7 Å². The average molecular weight is 410 g/mol. The van der Waals surface area contributed by atoms with Gasteiger partial charge in [-0.1, -0.05) is 0 Å². The van der Waals surface area contributed by atoms with Crippen LogP contribution < -0.4 is 9.47 Å². The number of aromatic amines is 1. The Labute approximate surface area is 173 Å². The number of aliphatic imine (C=N–C) groups is 1. The molecule has 6 nitrogen and oxygen atoms in total. The number of nitrogens with one attached hydrogen (secondary N) is 1. The van der Waals surface area contributed by atoms with Gasteiger partial charge in [0.05, 0.1) is 37.6 Å². The van der Waals surface area contributed by atoms with Crippen molar-refractivity contribution in [3.8, 4) is 17.4 Å². The molecule has 3 aromatic rings. The Morgan fingerprint density at radius 2 is 1.93 bits per heavy atom. The summed E-state index contributed by atoms with van der Waals surface area (Å²) in [6.45, 7) is 4.21. The van der Waals surface area contributed by atoms with Gasteiger partial charge in [-0.05, 0) is 44.2 Å². The van der Waals surface area contributed by atoms with Crippen molar-refractivity contribution in [3.05, 3.63) is 59.4 Å². The topological polar surface area (TPSA) is 76.1 Å². The van der Waals surface area contributed by atoms with Crippen molar-refractivity contribution >= 4 is 22.4 Å². The minimum Gasteiger partial charge on any atom is -0.497 e. The standard InChI is InChI=1S/C23H23FN2O4/c1-23(2)20(25-12-13-5-7-15(28-3)10-18(13)29-4)11-19(30-23)21-16-8-6-14(24)9-17(16)26-22(21)27/h5-11,26-27H,12H2,1-4H3. The number of hydrogen-bond donors (Lipinski definition) is 2. The lowest BCUT2D eigenvalue weighted by Gasteiger charge is -2.21. The number of methoxy groups -OCH3 is 2. The summed E-state index contributed by atoms with van der Waals surface area (Å²) < 4.78 is 30.3. The second-order valence-corrected chi connectivity index (χ2v) is 7.54. The lowest BCUT2D eigenvalue weighted by molar-refractivity contribution is 0.157. The molecule has 0 bridgehead atoms. The van der Waals surface area contributed by atoms with Gasteiger partial charge in [0, 0.05) is 23.1 Å². The minimum absolute atomic E-state index is 0.0734. The summed E-state index contributed by atoms with van der Waals surface area (Å²) in [4.78, 5) is 7.53. The molecule has 0 aliphatic carbocycles. The van der Waals surface area contributed by atoms with E-state index in [1.807, 2.05) is 38.1 Å². The smallest absolute Gasteiger partial charge is 0.200 e. The number of benzene rings is 2. The normalized spacial score (nSPS) is 16.6. The van der Waals surface area contributed by atoms with Crippen molar-refractivity contribution in [2.24, 2.45) is 4.99 Å². The van der Waals surface area contributed by atoms with Crippen LogP contribution in [0.5, 0.6) is 17.4 Å². The Balaban J connectivity index is 1.69. The van der Waals surface area contributed by atoms with Gasteiger partial charge in [0.1, 0.15) is 28.7 Å². The second kappa shape index (κ2) is 7.40. The third-order valence-corrected chi connectivity index (χ3v) is 5.15. The van der Waals surface area contributed by atoms with Crippen LogP contribution in [0.3, 0.4) is 0 Å². The summed E-state index contributed by atoms with van der Waals surface area (Å²) in [6, 6.07) is 9.89. The fourth-order valence-electron chi connectivity index (χ4n) is 3.57. The molecule has 0 fully saturated rings. The van der Waals surface area contributed by atoms with Crippen LogP contribution in [0.15, 0.2) is 47.5 Å². The third kappa shape index (κ3) is 3.47. The molecule has 2 N–H and O–H groups in total. The first-order chi connectivity index (χ1) is 14.3. The SMILES string of the molecule is COc1ccc(CN=C2C=C(c3c(O)[nH]c4cc(F)ccc34)OC2(C)C)c(OC)c1. The number of H-pyrrole nitrogens is 1. The summed E-state index contributed by atoms with van der Waals surface area (Å²) in [6.07, 6.45) is 1.81. The minimum atomic E-state index is -0.689. The van der Waals surface area contributed by atoms with Gasteiger partial charge < -0.3 is 24.3 Å². The van der Waals surface area contributed by atoms with Crippen molar-refractivity contribution < 1.29 is 23.7 Å². The number of nitrogens with zero attached hydrogens (tertiary/aromatic N) is 1. The molecule has 0 saturated carbocycles. The Kier molecular flexibility index (Phi) is 4.89. The number of ether oxygens (including phenoxy) is 3. The fourth-order valence-corrected chi connectivity index (χ4v) is 3.57. The zero-order chi connectivity index (χ0) is 21.5. The summed E-state index contributed by atoms with van der Waals surface area (Å²) in [5.41, 5.74) is 1.94. The van der Waals surface area contributed by atoms with E-state index in [1.165, 1.54) is 12.1 Å². The van der Waals surface area contributed by atoms with E-state index >= 15 is 0 Å². The highest BCUT2D eigenvalue weighted by atomic mass is 19.1. The van der Waals surface area contributed by atoms with Crippen molar-refractivity contribution in [2.75, 3.05) is 14.2 Å². The number of rotatable bonds is 5. The summed E-state index contributed by atoms with van der Waals surface area (Å²) >= 11 is 0. The molecular formula is C23H23FN2O4. The highest BCUT2D eigenvalue weighted by Gasteiger charge is 2.35. The highest BCUT2D eigenvalue weighted by molar-refractivity contribution is 6.11. The molecule has 156 valence electrons. The summed E-state index contributed by atoms with van der Waals surface area (Å²) in [7, 11) is 3.21. The van der Waals surface area contributed by atoms with Crippen molar-refractivity contribution in [1.82, 2.24) is 4.98 Å². The molecule has 0 atom stereocenters. The predicted molar refractivity (Wildman–Crippen MR) is 114 cm³/mol. The molecule has 2 heterocycles. The van der Waals surface area contributed by atoms with Gasteiger partial charge in [-0.3, -0.25) is 4.99 Å². The number of hydrogen-bond acceptors (Lipinski definition) is 5. The molecule has 0 saturated heterocycles. The Morgan fingerprint density at radius 3 is 2.67 bits per heavy atom. The maximum Gasteiger partial charge on any atom is 0.200 e. The molecule has 1 aliphatic heterocycles. The van der Waals surface area contributed by atoms with Crippen molar-refractivity contribution in [1.29, 1.82) is 0 Å². The van der Waals surface area contributed by atoms with E-state index < -0.39 is 5.60 Å². The molecular weight excluding hydrogens is 387 g/mol. The number of halogens is 1. The van der Waals surface area contributed by atoms with Gasteiger partial charge in [0.15, 0.2) is 0 Å². The first-order valence-electron chi connectivity index (χ1n) is 9.49. The maximum atomic E-state index is 13.5. The largest absolute Gasteiger partial charge is 0.497 e. The first-order valence-corrected chi connectivity index (χ1v) is 9.49. The molecule has 0 unspecified atom stereocenters. The van der Waals surface area contributed by atoms with Crippen LogP contribution >= 0.6 is 0 Å². The molecule has 2 aromatic carbocycles. The van der Waals surface area contributed by atoms with Crippen molar-refractivity contribution in [3.63, 3.8) is 0 Å². The zero-order valence-corrected chi connectivity index (χ0v) is 17.2. The molecule has 1 aliphatic rings. The number of aromatic nitrogens is 1. The van der Waals surface area contributed by atoms with Gasteiger partial charge in [0.25, 0.3) is 0 Å². The Bertz CT molecular complexity index is 1180. The van der Waals surface area contributed by atoms with Crippen LogP contribution in [-0.2, 0) is 11.3 Å². The molecule has 1 aromatic heterocycles. The van der Waals surface area contributed by atoms with E-state index in [9.17, 15) is 9.50 Å². The Morgan fingerprint density at radius 1 is 1.13 bits per heavy atom. The van der Waals surface area contributed by atoms with E-state index in [4.69, 9.17) is 19.2 Å². The van der Waals surface area contributed by atoms with Crippen LogP contribution in [0.1, 0.15) is 25.0 Å². The molecule has 0 spiro atoms. The van der Waals surface area contributed by atoms with Gasteiger partial charge >= 0.3 is 0 Å². The van der Waals surface area contributed by atoms with Crippen LogP contribution in [0, 0.1) is 5.82 Å². The maximum absolute atomic E-state index is 13.5. The van der Waals surface area contributed by atoms with Crippen molar-refractivity contribution in [2.45, 2.75) is 26.0 Å². The van der Waals surface area contributed by atoms with E-state index in [2.05, 4.69) is 4.98 Å². The summed E-state index contributed by atoms with van der Waals surface area (Å²) in [5.74, 6) is 1.43. The lowest BCUT2D eigenvalue weighted by atomic mass is 10.0. The summed E-state index contributed by atoms with van der Waals surface area (Å²) in [5, 5.41) is 11.1. The molecule has 7 heteroatoms. The molecule has 0 radical (unpaired) electrons. The number of fused-ring (bicyclic) bond motifs is 1. The predicted octanol–water partition coefficient (Wildman–Crippen LogP) is 4.82. The van der Waals surface area contributed by atoms with Crippen LogP contribution in [0.2, 0.25) is 0 Å². The fraction of sp³-hybridized carbons (Fsp3) is 0.261. The quantitative estimate of drug-likeness (QED) is 0.632. The first kappa shape index (κ1) is 19.8. The second-order valence-electron chi connectivity index (χ2n) is 7.54. The molecule has 30 heavy (non-hydrogen) atoms. The Hall–Kier alpha value is -3.48. The molecule has 0 amide bonds.